The van der Waals surface area contributed by atoms with Gasteiger partial charge >= 0.3 is 0 Å². The number of ether oxygens (including phenoxy) is 5. The third kappa shape index (κ3) is 5.37. The lowest BCUT2D eigenvalue weighted by atomic mass is 9.96. The van der Waals surface area contributed by atoms with E-state index in [-0.39, 0.29) is 0 Å². The molecule has 0 saturated carbocycles. The Balaban J connectivity index is 1.72. The molecule has 3 saturated heterocycles. The molecular weight excluding hydrogens is 472 g/mol. The quantitative estimate of drug-likeness (QED) is 0.154. The first-order valence-electron chi connectivity index (χ1n) is 10.6. The molecule has 16 heteroatoms. The van der Waals surface area contributed by atoms with Crippen LogP contribution in [0.2, 0.25) is 0 Å². The molecule has 3 heterocycles. The second-order valence-electron chi connectivity index (χ2n) is 8.33. The van der Waals surface area contributed by atoms with Gasteiger partial charge in [0.1, 0.15) is 73.2 Å². The van der Waals surface area contributed by atoms with E-state index in [1.165, 1.54) is 0 Å². The van der Waals surface area contributed by atoms with Crippen molar-refractivity contribution in [2.24, 2.45) is 0 Å². The van der Waals surface area contributed by atoms with Gasteiger partial charge < -0.3 is 79.9 Å². The Bertz CT molecular complexity index is 635. The van der Waals surface area contributed by atoms with Gasteiger partial charge in [-0.15, -0.1) is 0 Å². The van der Waals surface area contributed by atoms with Gasteiger partial charge in [0.2, 0.25) is 0 Å². The lowest BCUT2D eigenvalue weighted by Gasteiger charge is -2.47. The van der Waals surface area contributed by atoms with E-state index in [4.69, 9.17) is 23.7 Å². The van der Waals surface area contributed by atoms with E-state index >= 15 is 0 Å². The average Bonchev–Trinajstić information content (AvgIpc) is 2.83. The molecule has 1 unspecified atom stereocenters. The summed E-state index contributed by atoms with van der Waals surface area (Å²) >= 11 is 0. The molecule has 3 fully saturated rings. The van der Waals surface area contributed by atoms with Gasteiger partial charge in [-0.1, -0.05) is 0 Å². The van der Waals surface area contributed by atoms with Gasteiger partial charge in [-0.3, -0.25) is 0 Å². The molecule has 15 atom stereocenters. The third-order valence-electron chi connectivity index (χ3n) is 6.09. The summed E-state index contributed by atoms with van der Waals surface area (Å²) in [6, 6.07) is 0. The lowest BCUT2D eigenvalue weighted by molar-refractivity contribution is -0.377. The van der Waals surface area contributed by atoms with Crippen LogP contribution in [-0.2, 0) is 23.7 Å². The van der Waals surface area contributed by atoms with Crippen LogP contribution in [-0.4, -0.2) is 168 Å². The van der Waals surface area contributed by atoms with Crippen LogP contribution in [0.25, 0.3) is 0 Å². The van der Waals surface area contributed by atoms with Crippen molar-refractivity contribution < 1.29 is 79.9 Å². The highest BCUT2D eigenvalue weighted by atomic mass is 16.8. The normalized spacial score (nSPS) is 52.5. The number of hydrogen-bond acceptors (Lipinski definition) is 16. The van der Waals surface area contributed by atoms with Crippen molar-refractivity contribution in [2.45, 2.75) is 92.1 Å². The minimum Gasteiger partial charge on any atom is -0.394 e. The number of hydrogen-bond donors (Lipinski definition) is 11. The van der Waals surface area contributed by atoms with Crippen LogP contribution in [0.4, 0.5) is 0 Å². The first kappa shape index (κ1) is 27.9. The highest BCUT2D eigenvalue weighted by Gasteiger charge is 2.53. The van der Waals surface area contributed by atoms with Crippen molar-refractivity contribution in [3.63, 3.8) is 0 Å². The van der Waals surface area contributed by atoms with Gasteiger partial charge in [-0.2, -0.15) is 0 Å². The Morgan fingerprint density at radius 1 is 0.441 bits per heavy atom. The summed E-state index contributed by atoms with van der Waals surface area (Å²) < 4.78 is 26.4. The molecule has 0 aromatic heterocycles. The van der Waals surface area contributed by atoms with Crippen molar-refractivity contribution in [1.82, 2.24) is 0 Å². The van der Waals surface area contributed by atoms with Gasteiger partial charge in [-0.05, 0) is 0 Å². The topological polar surface area (TPSA) is 269 Å². The molecule has 0 bridgehead atoms. The first-order chi connectivity index (χ1) is 16.0. The van der Waals surface area contributed by atoms with Crippen LogP contribution in [0, 0.1) is 0 Å². The van der Waals surface area contributed by atoms with Crippen molar-refractivity contribution in [3.05, 3.63) is 0 Å². The molecule has 0 spiro atoms. The molecule has 200 valence electrons. The third-order valence-corrected chi connectivity index (χ3v) is 6.09. The Morgan fingerprint density at radius 2 is 0.853 bits per heavy atom. The maximum atomic E-state index is 10.6. The molecule has 0 radical (unpaired) electrons. The van der Waals surface area contributed by atoms with Crippen molar-refractivity contribution >= 4 is 0 Å². The summed E-state index contributed by atoms with van der Waals surface area (Å²) in [4.78, 5) is 0. The lowest BCUT2D eigenvalue weighted by Crippen LogP contribution is -2.66. The predicted molar refractivity (Wildman–Crippen MR) is 101 cm³/mol. The molecular formula is C18H32O16. The van der Waals surface area contributed by atoms with Crippen LogP contribution in [0.5, 0.6) is 0 Å². The van der Waals surface area contributed by atoms with Gasteiger partial charge in [0.25, 0.3) is 0 Å². The Morgan fingerprint density at radius 3 is 1.35 bits per heavy atom. The van der Waals surface area contributed by atoms with Crippen LogP contribution in [0.15, 0.2) is 0 Å². The van der Waals surface area contributed by atoms with Crippen molar-refractivity contribution in [1.29, 1.82) is 0 Å². The number of aliphatic hydroxyl groups is 11. The first-order valence-corrected chi connectivity index (χ1v) is 10.6. The van der Waals surface area contributed by atoms with Crippen LogP contribution in [0.3, 0.4) is 0 Å². The Hall–Kier alpha value is -0.640. The summed E-state index contributed by atoms with van der Waals surface area (Å²) in [5, 5.41) is 109. The zero-order valence-corrected chi connectivity index (χ0v) is 17.7. The number of rotatable bonds is 7. The summed E-state index contributed by atoms with van der Waals surface area (Å²) in [7, 11) is 0. The predicted octanol–water partition coefficient (Wildman–Crippen LogP) is -7.57. The van der Waals surface area contributed by atoms with E-state index in [0.717, 1.165) is 0 Å². The van der Waals surface area contributed by atoms with Gasteiger partial charge in [0.05, 0.1) is 19.8 Å². The van der Waals surface area contributed by atoms with E-state index in [2.05, 4.69) is 0 Å². The zero-order chi connectivity index (χ0) is 25.3. The standard InChI is InChI=1S/C18H32O16/c19-1-4-7(22)8(23)12(27)17(31-4)34-15-6(3-21)32-18(13(28)10(15)25)33-14-5(2-20)30-16(29)11(26)9(14)24/h4-29H,1-3H2/t4-,5-,6-,7+,8+,9-,10-,11-,12-,13-,14-,15-,16?,17+,18+/m1/s1. The van der Waals surface area contributed by atoms with Gasteiger partial charge in [0.15, 0.2) is 18.9 Å². The van der Waals surface area contributed by atoms with Gasteiger partial charge in [-0.25, -0.2) is 0 Å². The molecule has 3 rings (SSSR count). The van der Waals surface area contributed by atoms with E-state index in [9.17, 15) is 56.2 Å². The molecule has 0 aromatic rings. The maximum Gasteiger partial charge on any atom is 0.187 e. The average molecular weight is 504 g/mol. The highest BCUT2D eigenvalue weighted by Crippen LogP contribution is 2.32. The minimum atomic E-state index is -1.91. The molecule has 34 heavy (non-hydrogen) atoms. The second-order valence-corrected chi connectivity index (χ2v) is 8.33. The number of aliphatic hydroxyl groups excluding tert-OH is 11. The van der Waals surface area contributed by atoms with E-state index in [0.29, 0.717) is 0 Å². The summed E-state index contributed by atoms with van der Waals surface area (Å²) in [6.45, 7) is -2.32. The van der Waals surface area contributed by atoms with Crippen molar-refractivity contribution in [3.8, 4) is 0 Å². The fraction of sp³-hybridized carbons (Fsp3) is 1.00. The largest absolute Gasteiger partial charge is 0.394 e. The molecule has 3 aliphatic rings. The molecule has 0 aliphatic carbocycles. The van der Waals surface area contributed by atoms with Crippen LogP contribution in [0.1, 0.15) is 0 Å². The maximum absolute atomic E-state index is 10.6. The highest BCUT2D eigenvalue weighted by molar-refractivity contribution is 4.96. The van der Waals surface area contributed by atoms with Crippen molar-refractivity contribution in [2.75, 3.05) is 19.8 Å². The fourth-order valence-electron chi connectivity index (χ4n) is 4.06. The van der Waals surface area contributed by atoms with E-state index in [1.54, 1.807) is 0 Å². The molecule has 16 nitrogen and oxygen atoms in total. The molecule has 0 aromatic carbocycles. The Labute approximate surface area is 192 Å². The summed E-state index contributed by atoms with van der Waals surface area (Å²) in [5.41, 5.74) is 0. The summed E-state index contributed by atoms with van der Waals surface area (Å²) in [5.74, 6) is 0. The van der Waals surface area contributed by atoms with Crippen LogP contribution >= 0.6 is 0 Å². The van der Waals surface area contributed by atoms with E-state index in [1.807, 2.05) is 0 Å². The second kappa shape index (κ2) is 11.6. The van der Waals surface area contributed by atoms with E-state index < -0.39 is 112 Å². The molecule has 0 amide bonds. The molecule has 3 aliphatic heterocycles. The Kier molecular flexibility index (Phi) is 9.54. The zero-order valence-electron chi connectivity index (χ0n) is 17.7. The smallest absolute Gasteiger partial charge is 0.187 e. The van der Waals surface area contributed by atoms with Crippen LogP contribution < -0.4 is 0 Å². The SMILES string of the molecule is OC[C@H]1O[C@@H](O[C@H]2[C@H](O)[C@@H](O)[C@H](O[C@H]3[C@H](O)[C@@H](O)C(O)O[C@@H]3CO)O[C@@H]2CO)[C@H](O)[C@@H](O)[C@H]1O. The monoisotopic (exact) mass is 504 g/mol. The molecule has 11 N–H and O–H groups in total. The fourth-order valence-corrected chi connectivity index (χ4v) is 4.06. The minimum absolute atomic E-state index is 0.741. The summed E-state index contributed by atoms with van der Waals surface area (Å²) in [6.07, 6.45) is -25.1. The van der Waals surface area contributed by atoms with Gasteiger partial charge in [0, 0.05) is 0 Å².